The molecule has 2 heterocycles. The van der Waals surface area contributed by atoms with Gasteiger partial charge in [-0.25, -0.2) is 4.79 Å². The SMILES string of the molecule is CC(C)(C)OC(=O)N[C@@H](/C=N/N1CCCC1)c1cccs1. The minimum absolute atomic E-state index is 0.250. The lowest BCUT2D eigenvalue weighted by Gasteiger charge is -2.22. The highest BCUT2D eigenvalue weighted by atomic mass is 32.1. The topological polar surface area (TPSA) is 53.9 Å². The van der Waals surface area contributed by atoms with E-state index in [-0.39, 0.29) is 6.04 Å². The summed E-state index contributed by atoms with van der Waals surface area (Å²) in [5.74, 6) is 0. The number of nitrogens with zero attached hydrogens (tertiary/aromatic N) is 2. The molecule has 1 aromatic rings. The number of rotatable bonds is 4. The van der Waals surface area contributed by atoms with Crippen LogP contribution in [-0.4, -0.2) is 36.0 Å². The largest absolute Gasteiger partial charge is 0.444 e. The van der Waals surface area contributed by atoms with Gasteiger partial charge in [0, 0.05) is 18.0 Å². The van der Waals surface area contributed by atoms with Crippen molar-refractivity contribution in [3.8, 4) is 0 Å². The highest BCUT2D eigenvalue weighted by Gasteiger charge is 2.20. The van der Waals surface area contributed by atoms with Gasteiger partial charge < -0.3 is 10.1 Å². The molecular formula is C15H23N3O2S. The molecule has 0 spiro atoms. The van der Waals surface area contributed by atoms with Gasteiger partial charge in [0.15, 0.2) is 0 Å². The van der Waals surface area contributed by atoms with Crippen molar-refractivity contribution in [3.63, 3.8) is 0 Å². The van der Waals surface area contributed by atoms with Gasteiger partial charge in [-0.05, 0) is 45.1 Å². The van der Waals surface area contributed by atoms with E-state index in [1.165, 1.54) is 12.8 Å². The molecule has 1 amide bonds. The van der Waals surface area contributed by atoms with E-state index in [4.69, 9.17) is 4.74 Å². The molecule has 5 nitrogen and oxygen atoms in total. The Morgan fingerprint density at radius 3 is 2.76 bits per heavy atom. The van der Waals surface area contributed by atoms with Gasteiger partial charge >= 0.3 is 6.09 Å². The van der Waals surface area contributed by atoms with Gasteiger partial charge in [0.05, 0.1) is 6.21 Å². The quantitative estimate of drug-likeness (QED) is 0.867. The molecule has 0 aromatic carbocycles. The van der Waals surface area contributed by atoms with Crippen molar-refractivity contribution in [2.24, 2.45) is 5.10 Å². The summed E-state index contributed by atoms with van der Waals surface area (Å²) in [6.45, 7) is 7.53. The average molecular weight is 309 g/mol. The van der Waals surface area contributed by atoms with E-state index in [1.54, 1.807) is 17.6 Å². The molecule has 1 N–H and O–H groups in total. The number of hydrogen-bond acceptors (Lipinski definition) is 5. The molecule has 1 aliphatic rings. The predicted octanol–water partition coefficient (Wildman–Crippen LogP) is 3.40. The minimum Gasteiger partial charge on any atom is -0.444 e. The summed E-state index contributed by atoms with van der Waals surface area (Å²) in [5.41, 5.74) is -0.504. The lowest BCUT2D eigenvalue weighted by atomic mass is 10.2. The van der Waals surface area contributed by atoms with Crippen LogP contribution in [0, 0.1) is 0 Å². The van der Waals surface area contributed by atoms with Gasteiger partial charge in [-0.1, -0.05) is 6.07 Å². The summed E-state index contributed by atoms with van der Waals surface area (Å²) in [4.78, 5) is 13.0. The van der Waals surface area contributed by atoms with Gasteiger partial charge in [-0.2, -0.15) is 5.10 Å². The fraction of sp³-hybridized carbons (Fsp3) is 0.600. The van der Waals surface area contributed by atoms with Crippen LogP contribution in [0.15, 0.2) is 22.6 Å². The van der Waals surface area contributed by atoms with Crippen molar-refractivity contribution in [2.45, 2.75) is 45.3 Å². The van der Waals surface area contributed by atoms with E-state index >= 15 is 0 Å². The summed E-state index contributed by atoms with van der Waals surface area (Å²) in [6.07, 6.45) is 3.73. The number of thiophene rings is 1. The summed E-state index contributed by atoms with van der Waals surface area (Å²) in [5, 5.41) is 11.4. The van der Waals surface area contributed by atoms with E-state index in [0.717, 1.165) is 18.0 Å². The number of alkyl carbamates (subject to hydrolysis) is 1. The van der Waals surface area contributed by atoms with Crippen LogP contribution in [-0.2, 0) is 4.74 Å². The molecule has 1 fully saturated rings. The Morgan fingerprint density at radius 2 is 2.19 bits per heavy atom. The Balaban J connectivity index is 2.00. The molecule has 0 radical (unpaired) electrons. The maximum atomic E-state index is 12.0. The number of ether oxygens (including phenoxy) is 1. The molecule has 0 unspecified atom stereocenters. The van der Waals surface area contributed by atoms with E-state index in [1.807, 2.05) is 43.3 Å². The maximum Gasteiger partial charge on any atom is 0.408 e. The fourth-order valence-electron chi connectivity index (χ4n) is 2.06. The third kappa shape index (κ3) is 5.38. The first-order chi connectivity index (χ1) is 9.94. The first-order valence-corrected chi connectivity index (χ1v) is 8.14. The fourth-order valence-corrected chi connectivity index (χ4v) is 2.80. The third-order valence-electron chi connectivity index (χ3n) is 2.98. The Morgan fingerprint density at radius 1 is 1.48 bits per heavy atom. The molecule has 2 rings (SSSR count). The Bertz CT molecular complexity index is 474. The maximum absolute atomic E-state index is 12.0. The van der Waals surface area contributed by atoms with Crippen LogP contribution in [0.5, 0.6) is 0 Å². The van der Waals surface area contributed by atoms with E-state index in [9.17, 15) is 4.79 Å². The summed E-state index contributed by atoms with van der Waals surface area (Å²) in [6, 6.07) is 3.70. The number of nitrogens with one attached hydrogen (secondary N) is 1. The van der Waals surface area contributed by atoms with Crippen LogP contribution >= 0.6 is 11.3 Å². The summed E-state index contributed by atoms with van der Waals surface area (Å²) in [7, 11) is 0. The first-order valence-electron chi connectivity index (χ1n) is 7.26. The van der Waals surface area contributed by atoms with Crippen molar-refractivity contribution >= 4 is 23.6 Å². The summed E-state index contributed by atoms with van der Waals surface area (Å²) >= 11 is 1.59. The zero-order chi connectivity index (χ0) is 15.3. The van der Waals surface area contributed by atoms with Gasteiger partial charge in [-0.3, -0.25) is 5.01 Å². The molecule has 1 aromatic heterocycles. The summed E-state index contributed by atoms with van der Waals surface area (Å²) < 4.78 is 5.32. The van der Waals surface area contributed by atoms with Crippen molar-refractivity contribution in [1.82, 2.24) is 10.3 Å². The normalized spacial score (nSPS) is 17.2. The van der Waals surface area contributed by atoms with Gasteiger partial charge in [0.1, 0.15) is 11.6 Å². The van der Waals surface area contributed by atoms with Gasteiger partial charge in [-0.15, -0.1) is 11.3 Å². The van der Waals surface area contributed by atoms with Crippen LogP contribution < -0.4 is 5.32 Å². The van der Waals surface area contributed by atoms with E-state index < -0.39 is 11.7 Å². The van der Waals surface area contributed by atoms with Crippen LogP contribution in [0.1, 0.15) is 44.5 Å². The number of carbonyl (C=O) groups excluding carboxylic acids is 1. The van der Waals surface area contributed by atoms with Crippen molar-refractivity contribution < 1.29 is 9.53 Å². The highest BCUT2D eigenvalue weighted by Crippen LogP contribution is 2.19. The second kappa shape index (κ2) is 6.93. The van der Waals surface area contributed by atoms with E-state index in [0.29, 0.717) is 0 Å². The lowest BCUT2D eigenvalue weighted by Crippen LogP contribution is -2.35. The van der Waals surface area contributed by atoms with Crippen molar-refractivity contribution in [2.75, 3.05) is 13.1 Å². The first kappa shape index (κ1) is 15.8. The van der Waals surface area contributed by atoms with Gasteiger partial charge in [0.25, 0.3) is 0 Å². The molecule has 6 heteroatoms. The minimum atomic E-state index is -0.504. The molecule has 1 aliphatic heterocycles. The molecule has 1 saturated heterocycles. The lowest BCUT2D eigenvalue weighted by molar-refractivity contribution is 0.0519. The zero-order valence-electron chi connectivity index (χ0n) is 12.8. The smallest absolute Gasteiger partial charge is 0.408 e. The zero-order valence-corrected chi connectivity index (χ0v) is 13.7. The third-order valence-corrected chi connectivity index (χ3v) is 3.94. The number of carbonyl (C=O) groups is 1. The average Bonchev–Trinajstić information content (AvgIpc) is 3.05. The Hall–Kier alpha value is -1.56. The molecule has 21 heavy (non-hydrogen) atoms. The number of hydrogen-bond donors (Lipinski definition) is 1. The Labute approximate surface area is 130 Å². The molecule has 0 bridgehead atoms. The molecular weight excluding hydrogens is 286 g/mol. The number of amides is 1. The standard InChI is InChI=1S/C15H23N3O2S/c1-15(2,3)20-14(19)17-12(13-7-6-10-21-13)11-16-18-8-4-5-9-18/h6-7,10-12H,4-5,8-9H2,1-3H3,(H,17,19)/b16-11+/t12-/m0/s1. The van der Waals surface area contributed by atoms with Crippen LogP contribution in [0.25, 0.3) is 0 Å². The van der Waals surface area contributed by atoms with Crippen LogP contribution in [0.4, 0.5) is 4.79 Å². The second-order valence-electron chi connectivity index (χ2n) is 6.06. The van der Waals surface area contributed by atoms with Crippen LogP contribution in [0.2, 0.25) is 0 Å². The Kier molecular flexibility index (Phi) is 5.22. The molecule has 116 valence electrons. The monoisotopic (exact) mass is 309 g/mol. The van der Waals surface area contributed by atoms with Crippen molar-refractivity contribution in [1.29, 1.82) is 0 Å². The number of hydrazone groups is 1. The van der Waals surface area contributed by atoms with Gasteiger partial charge in [0.2, 0.25) is 0 Å². The second-order valence-corrected chi connectivity index (χ2v) is 7.04. The highest BCUT2D eigenvalue weighted by molar-refractivity contribution is 7.10. The molecule has 1 atom stereocenters. The predicted molar refractivity (Wildman–Crippen MR) is 85.7 cm³/mol. The van der Waals surface area contributed by atoms with Crippen molar-refractivity contribution in [3.05, 3.63) is 22.4 Å². The van der Waals surface area contributed by atoms with Crippen LogP contribution in [0.3, 0.4) is 0 Å². The van der Waals surface area contributed by atoms with E-state index in [2.05, 4.69) is 10.4 Å². The molecule has 0 saturated carbocycles. The molecule has 0 aliphatic carbocycles.